The molecule has 1 saturated heterocycles. The first kappa shape index (κ1) is 16.7. The summed E-state index contributed by atoms with van der Waals surface area (Å²) in [7, 11) is 0. The second-order valence-corrected chi connectivity index (χ2v) is 6.57. The van der Waals surface area contributed by atoms with E-state index in [9.17, 15) is 13.6 Å². The molecule has 0 saturated carbocycles. The lowest BCUT2D eigenvalue weighted by Crippen LogP contribution is -2.58. The summed E-state index contributed by atoms with van der Waals surface area (Å²) < 4.78 is 26.9. The van der Waals surface area contributed by atoms with Crippen LogP contribution in [0.1, 0.15) is 38.7 Å². The normalized spacial score (nSPS) is 19.7. The molecule has 1 aliphatic rings. The van der Waals surface area contributed by atoms with E-state index in [-0.39, 0.29) is 25.4 Å². The SMILES string of the molecule is CC1(C)CC(F)(F)CCN1C(=O)NCCCc1ccccc1. The summed E-state index contributed by atoms with van der Waals surface area (Å²) >= 11 is 0. The molecule has 1 fully saturated rings. The van der Waals surface area contributed by atoms with Crippen LogP contribution in [0.2, 0.25) is 0 Å². The van der Waals surface area contributed by atoms with Crippen molar-refractivity contribution in [2.24, 2.45) is 0 Å². The smallest absolute Gasteiger partial charge is 0.317 e. The molecule has 0 spiro atoms. The highest BCUT2D eigenvalue weighted by Crippen LogP contribution is 2.37. The largest absolute Gasteiger partial charge is 0.338 e. The average molecular weight is 310 g/mol. The number of hydrogen-bond acceptors (Lipinski definition) is 1. The molecule has 1 N–H and O–H groups in total. The zero-order valence-electron chi connectivity index (χ0n) is 13.2. The van der Waals surface area contributed by atoms with Gasteiger partial charge in [0.1, 0.15) is 0 Å². The van der Waals surface area contributed by atoms with Crippen molar-refractivity contribution in [2.45, 2.75) is 51.0 Å². The molecule has 3 nitrogen and oxygen atoms in total. The Balaban J connectivity index is 1.77. The highest BCUT2D eigenvalue weighted by atomic mass is 19.3. The lowest BCUT2D eigenvalue weighted by molar-refractivity contribution is -0.0896. The topological polar surface area (TPSA) is 32.3 Å². The fourth-order valence-corrected chi connectivity index (χ4v) is 3.00. The number of urea groups is 1. The summed E-state index contributed by atoms with van der Waals surface area (Å²) in [6, 6.07) is 9.82. The number of amides is 2. The second kappa shape index (κ2) is 6.63. The fraction of sp³-hybridized carbons (Fsp3) is 0.588. The maximum Gasteiger partial charge on any atom is 0.317 e. The molecule has 0 bridgehead atoms. The Morgan fingerprint density at radius 1 is 1.27 bits per heavy atom. The molecule has 5 heteroatoms. The van der Waals surface area contributed by atoms with Gasteiger partial charge in [-0.3, -0.25) is 0 Å². The molecule has 122 valence electrons. The van der Waals surface area contributed by atoms with Crippen molar-refractivity contribution in [1.29, 1.82) is 0 Å². The number of nitrogens with zero attached hydrogens (tertiary/aromatic N) is 1. The van der Waals surface area contributed by atoms with Crippen molar-refractivity contribution in [3.63, 3.8) is 0 Å². The van der Waals surface area contributed by atoms with Gasteiger partial charge in [0.05, 0.1) is 0 Å². The van der Waals surface area contributed by atoms with Gasteiger partial charge in [0, 0.05) is 31.5 Å². The van der Waals surface area contributed by atoms with E-state index in [1.54, 1.807) is 13.8 Å². The molecule has 1 aliphatic heterocycles. The molecule has 2 rings (SSSR count). The van der Waals surface area contributed by atoms with Crippen LogP contribution in [0.25, 0.3) is 0 Å². The van der Waals surface area contributed by atoms with Crippen LogP contribution in [0.15, 0.2) is 30.3 Å². The number of nitrogens with one attached hydrogen (secondary N) is 1. The highest BCUT2D eigenvalue weighted by molar-refractivity contribution is 5.75. The van der Waals surface area contributed by atoms with Crippen molar-refractivity contribution >= 4 is 6.03 Å². The molecular weight excluding hydrogens is 286 g/mol. The quantitative estimate of drug-likeness (QED) is 0.842. The Bertz CT molecular complexity index is 503. The standard InChI is InChI=1S/C17H24F2N2O/c1-16(2)13-17(18,19)10-12-21(16)15(22)20-11-6-9-14-7-4-3-5-8-14/h3-5,7-8H,6,9-13H2,1-2H3,(H,20,22). The van der Waals surface area contributed by atoms with Crippen LogP contribution in [0.5, 0.6) is 0 Å². The minimum atomic E-state index is -2.67. The molecular formula is C17H24F2N2O. The number of alkyl halides is 2. The number of likely N-dealkylation sites (tertiary alicyclic amines) is 1. The molecule has 1 aromatic carbocycles. The Labute approximate surface area is 130 Å². The number of piperidine rings is 1. The van der Waals surface area contributed by atoms with Gasteiger partial charge < -0.3 is 10.2 Å². The van der Waals surface area contributed by atoms with Crippen molar-refractivity contribution in [3.05, 3.63) is 35.9 Å². The third-order valence-corrected chi connectivity index (χ3v) is 4.13. The second-order valence-electron chi connectivity index (χ2n) is 6.57. The van der Waals surface area contributed by atoms with Crippen LogP contribution in [0.3, 0.4) is 0 Å². The van der Waals surface area contributed by atoms with E-state index in [2.05, 4.69) is 17.4 Å². The van der Waals surface area contributed by atoms with E-state index < -0.39 is 11.5 Å². The predicted molar refractivity (Wildman–Crippen MR) is 83.1 cm³/mol. The van der Waals surface area contributed by atoms with Gasteiger partial charge in [0.2, 0.25) is 0 Å². The van der Waals surface area contributed by atoms with Crippen LogP contribution >= 0.6 is 0 Å². The first-order valence-corrected chi connectivity index (χ1v) is 7.77. The van der Waals surface area contributed by atoms with Crippen LogP contribution in [0, 0.1) is 0 Å². The average Bonchev–Trinajstić information content (AvgIpc) is 2.42. The molecule has 0 unspecified atom stereocenters. The Morgan fingerprint density at radius 2 is 1.95 bits per heavy atom. The van der Waals surface area contributed by atoms with Gasteiger partial charge in [-0.05, 0) is 32.3 Å². The van der Waals surface area contributed by atoms with Gasteiger partial charge in [0.15, 0.2) is 0 Å². The Morgan fingerprint density at radius 3 is 2.59 bits per heavy atom. The van der Waals surface area contributed by atoms with E-state index in [1.165, 1.54) is 10.5 Å². The fourth-order valence-electron chi connectivity index (χ4n) is 3.00. The zero-order valence-corrected chi connectivity index (χ0v) is 13.2. The number of hydrogen-bond donors (Lipinski definition) is 1. The molecule has 0 aliphatic carbocycles. The minimum Gasteiger partial charge on any atom is -0.338 e. The molecule has 1 heterocycles. The van der Waals surface area contributed by atoms with Crippen LogP contribution in [0.4, 0.5) is 13.6 Å². The van der Waals surface area contributed by atoms with E-state index in [0.717, 1.165) is 12.8 Å². The van der Waals surface area contributed by atoms with Crippen molar-refractivity contribution < 1.29 is 13.6 Å². The maximum absolute atomic E-state index is 13.5. The Hall–Kier alpha value is -1.65. The molecule has 0 radical (unpaired) electrons. The van der Waals surface area contributed by atoms with Crippen LogP contribution in [-0.4, -0.2) is 35.5 Å². The highest BCUT2D eigenvalue weighted by Gasteiger charge is 2.46. The summed E-state index contributed by atoms with van der Waals surface area (Å²) in [4.78, 5) is 13.7. The number of benzene rings is 1. The summed E-state index contributed by atoms with van der Waals surface area (Å²) in [5, 5.41) is 2.85. The van der Waals surface area contributed by atoms with Gasteiger partial charge in [-0.2, -0.15) is 0 Å². The first-order chi connectivity index (χ1) is 10.3. The summed E-state index contributed by atoms with van der Waals surface area (Å²) in [5.74, 6) is -2.67. The minimum absolute atomic E-state index is 0.102. The van der Waals surface area contributed by atoms with Gasteiger partial charge in [-0.25, -0.2) is 13.6 Å². The molecule has 0 aromatic heterocycles. The molecule has 0 atom stereocenters. The third kappa shape index (κ3) is 4.42. The summed E-state index contributed by atoms with van der Waals surface area (Å²) in [6.45, 7) is 4.05. The lowest BCUT2D eigenvalue weighted by Gasteiger charge is -2.45. The Kier molecular flexibility index (Phi) is 5.04. The number of rotatable bonds is 4. The predicted octanol–water partition coefficient (Wildman–Crippen LogP) is 3.84. The van der Waals surface area contributed by atoms with Gasteiger partial charge in [-0.1, -0.05) is 30.3 Å². The van der Waals surface area contributed by atoms with Crippen LogP contribution in [-0.2, 0) is 6.42 Å². The van der Waals surface area contributed by atoms with Gasteiger partial charge in [-0.15, -0.1) is 0 Å². The van der Waals surface area contributed by atoms with Crippen molar-refractivity contribution in [2.75, 3.05) is 13.1 Å². The number of carbonyl (C=O) groups is 1. The van der Waals surface area contributed by atoms with E-state index in [1.807, 2.05) is 18.2 Å². The van der Waals surface area contributed by atoms with E-state index in [0.29, 0.717) is 6.54 Å². The first-order valence-electron chi connectivity index (χ1n) is 7.77. The number of halogens is 2. The van der Waals surface area contributed by atoms with E-state index in [4.69, 9.17) is 0 Å². The number of aryl methyl sites for hydroxylation is 1. The monoisotopic (exact) mass is 310 g/mol. The lowest BCUT2D eigenvalue weighted by atomic mass is 9.88. The zero-order chi connectivity index (χ0) is 16.2. The van der Waals surface area contributed by atoms with E-state index >= 15 is 0 Å². The summed E-state index contributed by atoms with van der Waals surface area (Å²) in [5.41, 5.74) is 0.417. The molecule has 2 amide bonds. The van der Waals surface area contributed by atoms with Crippen LogP contribution < -0.4 is 5.32 Å². The molecule has 22 heavy (non-hydrogen) atoms. The van der Waals surface area contributed by atoms with Gasteiger partial charge >= 0.3 is 6.03 Å². The van der Waals surface area contributed by atoms with Gasteiger partial charge in [0.25, 0.3) is 5.92 Å². The third-order valence-electron chi connectivity index (χ3n) is 4.13. The van der Waals surface area contributed by atoms with Crippen molar-refractivity contribution in [1.82, 2.24) is 10.2 Å². The molecule has 1 aromatic rings. The maximum atomic E-state index is 13.5. The summed E-state index contributed by atoms with van der Waals surface area (Å²) in [6.07, 6.45) is 1.19. The van der Waals surface area contributed by atoms with Crippen molar-refractivity contribution in [3.8, 4) is 0 Å². The number of carbonyl (C=O) groups excluding carboxylic acids is 1.